The van der Waals surface area contributed by atoms with Gasteiger partial charge in [0.15, 0.2) is 0 Å². The zero-order chi connectivity index (χ0) is 16.7. The van der Waals surface area contributed by atoms with E-state index in [1.54, 1.807) is 7.05 Å². The van der Waals surface area contributed by atoms with E-state index in [0.717, 1.165) is 5.56 Å². The molecule has 8 nitrogen and oxygen atoms in total. The molecule has 1 aromatic heterocycles. The van der Waals surface area contributed by atoms with Crippen molar-refractivity contribution in [3.63, 3.8) is 0 Å². The number of aliphatic carboxylic acids is 1. The molecule has 2 aromatic rings. The van der Waals surface area contributed by atoms with E-state index in [2.05, 4.69) is 15.5 Å². The molecular formula is C15H18N4O4. The monoisotopic (exact) mass is 318 g/mol. The van der Waals surface area contributed by atoms with Crippen molar-refractivity contribution in [1.29, 1.82) is 0 Å². The number of carboxylic acid groups (broad SMARTS) is 1. The van der Waals surface area contributed by atoms with Gasteiger partial charge in [-0.05, 0) is 0 Å². The number of likely N-dealkylation sites (N-methyl/N-ethyl adjacent to an activating group) is 1. The molecule has 2 N–H and O–H groups in total. The van der Waals surface area contributed by atoms with E-state index >= 15 is 0 Å². The Kier molecular flexibility index (Phi) is 5.67. The maximum absolute atomic E-state index is 11.7. The van der Waals surface area contributed by atoms with Gasteiger partial charge < -0.3 is 19.8 Å². The first-order valence-corrected chi connectivity index (χ1v) is 7.15. The molecule has 2 amide bonds. The zero-order valence-electron chi connectivity index (χ0n) is 12.7. The van der Waals surface area contributed by atoms with Gasteiger partial charge in [0.05, 0.1) is 6.42 Å². The lowest BCUT2D eigenvalue weighted by molar-refractivity contribution is -0.136. The van der Waals surface area contributed by atoms with Crippen LogP contribution in [0.5, 0.6) is 0 Å². The van der Waals surface area contributed by atoms with Gasteiger partial charge in [0.1, 0.15) is 0 Å². The van der Waals surface area contributed by atoms with Crippen LogP contribution in [0.2, 0.25) is 0 Å². The molecule has 0 saturated carbocycles. The summed E-state index contributed by atoms with van der Waals surface area (Å²) in [6, 6.07) is 9.12. The second-order valence-corrected chi connectivity index (χ2v) is 4.92. The summed E-state index contributed by atoms with van der Waals surface area (Å²) in [5, 5.41) is 14.9. The van der Waals surface area contributed by atoms with E-state index in [1.165, 1.54) is 4.90 Å². The van der Waals surface area contributed by atoms with Crippen LogP contribution in [0.3, 0.4) is 0 Å². The normalized spacial score (nSPS) is 10.3. The number of aromatic nitrogens is 2. The number of carbonyl (C=O) groups is 2. The average Bonchev–Trinajstić information content (AvgIpc) is 3.02. The SMILES string of the molecule is CN(CCc1nc(-c2ccccc2)no1)C(=O)NCCC(=O)O. The van der Waals surface area contributed by atoms with Crippen LogP contribution in [0, 0.1) is 0 Å². The van der Waals surface area contributed by atoms with Gasteiger partial charge in [0, 0.05) is 32.1 Å². The van der Waals surface area contributed by atoms with Gasteiger partial charge in [-0.1, -0.05) is 35.5 Å². The number of hydrogen-bond donors (Lipinski definition) is 2. The van der Waals surface area contributed by atoms with Gasteiger partial charge in [0.2, 0.25) is 11.7 Å². The molecule has 0 radical (unpaired) electrons. The Labute approximate surface area is 133 Å². The molecular weight excluding hydrogens is 300 g/mol. The third-order valence-electron chi connectivity index (χ3n) is 3.12. The largest absolute Gasteiger partial charge is 0.481 e. The summed E-state index contributed by atoms with van der Waals surface area (Å²) >= 11 is 0. The molecule has 0 spiro atoms. The highest BCUT2D eigenvalue weighted by molar-refractivity contribution is 5.74. The summed E-state index contributed by atoms with van der Waals surface area (Å²) in [5.41, 5.74) is 0.863. The molecule has 0 aliphatic heterocycles. The standard InChI is InChI=1S/C15H18N4O4/c1-19(15(22)16-9-7-13(20)21)10-8-12-17-14(18-23-12)11-5-3-2-4-6-11/h2-6H,7-10H2,1H3,(H,16,22)(H,20,21). The van der Waals surface area contributed by atoms with Gasteiger partial charge >= 0.3 is 12.0 Å². The summed E-state index contributed by atoms with van der Waals surface area (Å²) in [4.78, 5) is 27.8. The van der Waals surface area contributed by atoms with Crippen LogP contribution in [0.4, 0.5) is 4.79 Å². The lowest BCUT2D eigenvalue weighted by Gasteiger charge is -2.16. The number of benzene rings is 1. The fourth-order valence-electron chi connectivity index (χ4n) is 1.84. The molecule has 23 heavy (non-hydrogen) atoms. The van der Waals surface area contributed by atoms with E-state index in [1.807, 2.05) is 30.3 Å². The number of nitrogens with zero attached hydrogens (tertiary/aromatic N) is 3. The Morgan fingerprint density at radius 2 is 2.04 bits per heavy atom. The van der Waals surface area contributed by atoms with Crippen LogP contribution in [-0.4, -0.2) is 52.3 Å². The molecule has 8 heteroatoms. The lowest BCUT2D eigenvalue weighted by atomic mass is 10.2. The number of amides is 2. The summed E-state index contributed by atoms with van der Waals surface area (Å²) in [6.45, 7) is 0.479. The van der Waals surface area contributed by atoms with Crippen molar-refractivity contribution < 1.29 is 19.2 Å². The summed E-state index contributed by atoms with van der Waals surface area (Å²) in [6.07, 6.45) is 0.312. The number of urea groups is 1. The van der Waals surface area contributed by atoms with Crippen LogP contribution < -0.4 is 5.32 Å². The third-order valence-corrected chi connectivity index (χ3v) is 3.12. The van der Waals surface area contributed by atoms with Crippen LogP contribution in [0.25, 0.3) is 11.4 Å². The van der Waals surface area contributed by atoms with Crippen LogP contribution in [-0.2, 0) is 11.2 Å². The lowest BCUT2D eigenvalue weighted by Crippen LogP contribution is -2.39. The Bertz CT molecular complexity index is 657. The predicted octanol–water partition coefficient (Wildman–Crippen LogP) is 1.40. The van der Waals surface area contributed by atoms with E-state index < -0.39 is 5.97 Å². The van der Waals surface area contributed by atoms with Crippen molar-refractivity contribution >= 4 is 12.0 Å². The van der Waals surface area contributed by atoms with Crippen molar-refractivity contribution in [1.82, 2.24) is 20.4 Å². The molecule has 0 atom stereocenters. The number of hydrogen-bond acceptors (Lipinski definition) is 5. The second-order valence-electron chi connectivity index (χ2n) is 4.92. The van der Waals surface area contributed by atoms with Crippen molar-refractivity contribution in [2.45, 2.75) is 12.8 Å². The van der Waals surface area contributed by atoms with Gasteiger partial charge in [-0.3, -0.25) is 4.79 Å². The van der Waals surface area contributed by atoms with E-state index in [-0.39, 0.29) is 19.0 Å². The Morgan fingerprint density at radius 1 is 1.30 bits per heavy atom. The molecule has 0 saturated heterocycles. The molecule has 0 aliphatic rings. The van der Waals surface area contributed by atoms with Gasteiger partial charge in [-0.25, -0.2) is 4.79 Å². The van der Waals surface area contributed by atoms with Crippen molar-refractivity contribution in [3.8, 4) is 11.4 Å². The van der Waals surface area contributed by atoms with Gasteiger partial charge in [0.25, 0.3) is 0 Å². The second kappa shape index (κ2) is 7.92. The van der Waals surface area contributed by atoms with Crippen molar-refractivity contribution in [2.75, 3.05) is 20.1 Å². The Balaban J connectivity index is 1.80. The average molecular weight is 318 g/mol. The van der Waals surface area contributed by atoms with Gasteiger partial charge in [-0.2, -0.15) is 4.98 Å². The molecule has 0 bridgehead atoms. The Morgan fingerprint density at radius 3 is 2.74 bits per heavy atom. The molecule has 1 heterocycles. The third kappa shape index (κ3) is 5.10. The Hall–Kier alpha value is -2.90. The fraction of sp³-hybridized carbons (Fsp3) is 0.333. The zero-order valence-corrected chi connectivity index (χ0v) is 12.7. The minimum absolute atomic E-state index is 0.0945. The summed E-state index contributed by atoms with van der Waals surface area (Å²) < 4.78 is 5.16. The smallest absolute Gasteiger partial charge is 0.317 e. The molecule has 0 unspecified atom stereocenters. The molecule has 0 aliphatic carbocycles. The quantitative estimate of drug-likeness (QED) is 0.798. The van der Waals surface area contributed by atoms with Gasteiger partial charge in [-0.15, -0.1) is 0 Å². The van der Waals surface area contributed by atoms with Crippen molar-refractivity contribution in [2.24, 2.45) is 0 Å². The molecule has 2 rings (SSSR count). The maximum atomic E-state index is 11.7. The molecule has 122 valence electrons. The van der Waals surface area contributed by atoms with Crippen LogP contribution in [0.15, 0.2) is 34.9 Å². The maximum Gasteiger partial charge on any atom is 0.317 e. The first-order valence-electron chi connectivity index (χ1n) is 7.15. The van der Waals surface area contributed by atoms with Crippen LogP contribution in [0.1, 0.15) is 12.3 Å². The van der Waals surface area contributed by atoms with E-state index in [0.29, 0.717) is 24.7 Å². The topological polar surface area (TPSA) is 109 Å². The summed E-state index contributed by atoms with van der Waals surface area (Å²) in [5.74, 6) is -0.00421. The van der Waals surface area contributed by atoms with Crippen LogP contribution >= 0.6 is 0 Å². The van der Waals surface area contributed by atoms with E-state index in [4.69, 9.17) is 9.63 Å². The minimum atomic E-state index is -0.952. The first kappa shape index (κ1) is 16.5. The highest BCUT2D eigenvalue weighted by Crippen LogP contribution is 2.14. The summed E-state index contributed by atoms with van der Waals surface area (Å²) in [7, 11) is 1.62. The predicted molar refractivity (Wildman–Crippen MR) is 81.7 cm³/mol. The van der Waals surface area contributed by atoms with E-state index in [9.17, 15) is 9.59 Å². The molecule has 1 aromatic carbocycles. The minimum Gasteiger partial charge on any atom is -0.481 e. The highest BCUT2D eigenvalue weighted by Gasteiger charge is 2.12. The number of carbonyl (C=O) groups excluding carboxylic acids is 1. The number of nitrogens with one attached hydrogen (secondary N) is 1. The number of carboxylic acids is 1. The van der Waals surface area contributed by atoms with Crippen molar-refractivity contribution in [3.05, 3.63) is 36.2 Å². The number of rotatable bonds is 7. The first-order chi connectivity index (χ1) is 11.1. The fourth-order valence-corrected chi connectivity index (χ4v) is 1.84. The molecule has 0 fully saturated rings. The highest BCUT2D eigenvalue weighted by atomic mass is 16.5.